The number of epoxide rings is 1. The molecule has 10 atom stereocenters. The second-order valence-electron chi connectivity index (χ2n) is 21.1. The van der Waals surface area contributed by atoms with Crippen molar-refractivity contribution in [2.45, 2.75) is 180 Å². The summed E-state index contributed by atoms with van der Waals surface area (Å²) in [6, 6.07) is 3.64. The summed E-state index contributed by atoms with van der Waals surface area (Å²) < 4.78 is 28.9. The van der Waals surface area contributed by atoms with E-state index in [1.807, 2.05) is 26.0 Å². The first-order valence-corrected chi connectivity index (χ1v) is 28.6. The first-order valence-electron chi connectivity index (χ1n) is 27.5. The lowest BCUT2D eigenvalue weighted by molar-refractivity contribution is -0.143. The Morgan fingerprint density at radius 3 is 2.24 bits per heavy atom. The van der Waals surface area contributed by atoms with Gasteiger partial charge < -0.3 is 72.0 Å². The van der Waals surface area contributed by atoms with E-state index in [1.54, 1.807) is 45.0 Å². The molecule has 0 aromatic heterocycles. The zero-order chi connectivity index (χ0) is 58.8. The van der Waals surface area contributed by atoms with Crippen molar-refractivity contribution in [3.8, 4) is 0 Å². The van der Waals surface area contributed by atoms with Crippen LogP contribution in [0, 0.1) is 11.8 Å². The van der Waals surface area contributed by atoms with Gasteiger partial charge in [0.25, 0.3) is 0 Å². The molecule has 0 saturated carbocycles. The topological polar surface area (TPSA) is 325 Å². The quantitative estimate of drug-likeness (QED) is 0.00943. The lowest BCUT2D eigenvalue weighted by Crippen LogP contribution is -2.54. The van der Waals surface area contributed by atoms with Crippen molar-refractivity contribution < 1.29 is 66.8 Å². The Labute approximate surface area is 477 Å². The van der Waals surface area contributed by atoms with Gasteiger partial charge in [-0.25, -0.2) is 9.59 Å². The Hall–Kier alpha value is -6.37. The molecule has 0 radical (unpaired) electrons. The molecule has 1 spiro atoms. The van der Waals surface area contributed by atoms with Crippen LogP contribution < -0.4 is 48.3 Å². The number of nitrogens with one attached hydrogen (secondary N) is 8. The third-order valence-electron chi connectivity index (χ3n) is 13.7. The van der Waals surface area contributed by atoms with Gasteiger partial charge in [0.1, 0.15) is 24.8 Å². The highest BCUT2D eigenvalue weighted by molar-refractivity contribution is 9.09. The summed E-state index contributed by atoms with van der Waals surface area (Å²) in [5.74, 6) is -2.66. The molecule has 9 amide bonds. The number of benzene rings is 1. The third kappa shape index (κ3) is 25.4. The van der Waals surface area contributed by atoms with Crippen LogP contribution in [0.4, 0.5) is 15.3 Å². The van der Waals surface area contributed by atoms with Gasteiger partial charge in [-0.05, 0) is 94.9 Å². The molecule has 80 heavy (non-hydrogen) atoms. The molecule has 23 nitrogen and oxygen atoms in total. The molecular weight excluding hydrogens is 1100 g/mol. The fourth-order valence-electron chi connectivity index (χ4n) is 9.18. The standard InChI is InChI=1S/C56H84BrN9O14/c1-34(2)51(66-47(68)13-9-8-10-24-59-50(71)30-57)53(73)65-44(12-11-25-60-54(58)74)52(72)63-41-19-17-40(18-20-41)31-76-55(75)62-33-61-49(70)27-43-29-56(32-77-56)28-42(80-43)21-14-35(3)15-22-46-36(4)26-45(38(6)79-46)64-48(69)23-16-37(5)78-39(7)67/h14-21,23,34,36-38,42-46,51H,8-13,22,24-33H2,1-7H3,(H,59,71)(H,61,70)(H,62,75)(H,63,72)(H,64,69)(H,65,73)(H,66,68)(H3,58,60,74)/b21-14+,23-16-,35-15+/t36-,37-,38+,42+,43+,44-,45+,46-,51?,56+/m0/s1. The first kappa shape index (κ1) is 66.1. The van der Waals surface area contributed by atoms with E-state index in [0.29, 0.717) is 69.3 Å². The van der Waals surface area contributed by atoms with Crippen LogP contribution in [0.2, 0.25) is 0 Å². The number of carbonyl (C=O) groups is 9. The maximum Gasteiger partial charge on any atom is 0.408 e. The number of alkyl halides is 1. The van der Waals surface area contributed by atoms with Crippen LogP contribution >= 0.6 is 15.9 Å². The number of ether oxygens (including phenoxy) is 5. The number of allylic oxidation sites excluding steroid dienone is 2. The van der Waals surface area contributed by atoms with Crippen molar-refractivity contribution in [3.63, 3.8) is 0 Å². The average Bonchev–Trinajstić information content (AvgIpc) is 4.14. The Bertz CT molecular complexity index is 2350. The molecule has 1 aromatic rings. The SMILES string of the molecule is CC(=O)O[C@@H](C)/C=C\C(=O)N[C@@H]1C[C@H](C)[C@H](C/C=C(C)/C=C/[C@@H]2C[C@]3(CO3)C[C@@H](CC(=O)NCNC(=O)OCc3ccc(NC(=O)[C@H](CCCNC(N)=O)NC(=O)C(NC(=O)CCCCCNC(=O)CBr)C(C)C)cc3)O2)O[C@@H]1C. The second kappa shape index (κ2) is 34.0. The van der Waals surface area contributed by atoms with Gasteiger partial charge in [-0.2, -0.15) is 0 Å². The molecule has 1 aromatic carbocycles. The number of amides is 9. The summed E-state index contributed by atoms with van der Waals surface area (Å²) in [5.41, 5.74) is 6.88. The Morgan fingerprint density at radius 2 is 1.56 bits per heavy atom. The van der Waals surface area contributed by atoms with E-state index in [0.717, 1.165) is 12.0 Å². The number of primary amides is 1. The molecule has 1 unspecified atom stereocenters. The van der Waals surface area contributed by atoms with E-state index in [9.17, 15) is 43.2 Å². The van der Waals surface area contributed by atoms with Crippen molar-refractivity contribution in [2.24, 2.45) is 17.6 Å². The van der Waals surface area contributed by atoms with Crippen LogP contribution in [0.5, 0.6) is 0 Å². The van der Waals surface area contributed by atoms with E-state index in [4.69, 9.17) is 29.4 Å². The fraction of sp³-hybridized carbons (Fsp3) is 0.625. The van der Waals surface area contributed by atoms with Gasteiger partial charge in [-0.1, -0.05) is 79.1 Å². The Morgan fingerprint density at radius 1 is 0.838 bits per heavy atom. The molecule has 3 aliphatic rings. The highest BCUT2D eigenvalue weighted by atomic mass is 79.9. The summed E-state index contributed by atoms with van der Waals surface area (Å²) in [6.45, 7) is 13.6. The molecule has 10 N–H and O–H groups in total. The van der Waals surface area contributed by atoms with E-state index in [2.05, 4.69) is 71.5 Å². The van der Waals surface area contributed by atoms with Crippen LogP contribution in [-0.2, 0) is 63.9 Å². The lowest BCUT2D eigenvalue weighted by Gasteiger charge is -2.39. The largest absolute Gasteiger partial charge is 0.459 e. The van der Waals surface area contributed by atoms with Crippen molar-refractivity contribution in [1.82, 2.24) is 37.2 Å². The predicted octanol–water partition coefficient (Wildman–Crippen LogP) is 4.48. The van der Waals surface area contributed by atoms with Crippen molar-refractivity contribution in [1.29, 1.82) is 0 Å². The van der Waals surface area contributed by atoms with Crippen LogP contribution in [0.25, 0.3) is 0 Å². The van der Waals surface area contributed by atoms with Crippen LogP contribution in [0.15, 0.2) is 60.2 Å². The van der Waals surface area contributed by atoms with Crippen molar-refractivity contribution >= 4 is 75.2 Å². The van der Waals surface area contributed by atoms with Crippen LogP contribution in [-0.4, -0.2) is 139 Å². The number of anilines is 1. The van der Waals surface area contributed by atoms with E-state index >= 15 is 0 Å². The van der Waals surface area contributed by atoms with Gasteiger partial charge in [0.05, 0.1) is 61.1 Å². The smallest absolute Gasteiger partial charge is 0.408 e. The van der Waals surface area contributed by atoms with Gasteiger partial charge in [-0.3, -0.25) is 33.6 Å². The number of alkyl carbamates (subject to hydrolysis) is 1. The molecule has 3 saturated heterocycles. The summed E-state index contributed by atoms with van der Waals surface area (Å²) in [7, 11) is 0. The number of esters is 1. The van der Waals surface area contributed by atoms with Crippen LogP contribution in [0.1, 0.15) is 125 Å². The number of halogens is 1. The maximum atomic E-state index is 13.6. The number of hydrogen-bond donors (Lipinski definition) is 9. The molecule has 3 heterocycles. The van der Waals surface area contributed by atoms with Gasteiger partial charge in [0, 0.05) is 51.0 Å². The molecule has 3 aliphatic heterocycles. The van der Waals surface area contributed by atoms with Crippen LogP contribution in [0.3, 0.4) is 0 Å². The number of unbranched alkanes of at least 4 members (excludes halogenated alkanes) is 2. The summed E-state index contributed by atoms with van der Waals surface area (Å²) in [5, 5.41) is 22.0. The summed E-state index contributed by atoms with van der Waals surface area (Å²) in [4.78, 5) is 112. The number of rotatable bonds is 31. The minimum absolute atomic E-state index is 0.0343. The zero-order valence-electron chi connectivity index (χ0n) is 47.2. The van der Waals surface area contributed by atoms with Gasteiger partial charge >= 0.3 is 18.1 Å². The Kier molecular flexibility index (Phi) is 28.1. The highest BCUT2D eigenvalue weighted by Crippen LogP contribution is 2.43. The van der Waals surface area contributed by atoms with Crippen molar-refractivity contribution in [3.05, 3.63) is 65.8 Å². The van der Waals surface area contributed by atoms with Gasteiger partial charge in [0.2, 0.25) is 35.4 Å². The molecule has 0 aliphatic carbocycles. The van der Waals surface area contributed by atoms with E-state index in [1.165, 1.54) is 19.1 Å². The minimum Gasteiger partial charge on any atom is -0.459 e. The minimum atomic E-state index is -1.04. The number of urea groups is 1. The number of carbonyl (C=O) groups excluding carboxylic acids is 9. The molecule has 4 rings (SSSR count). The van der Waals surface area contributed by atoms with E-state index in [-0.39, 0.29) is 110 Å². The third-order valence-corrected chi connectivity index (χ3v) is 14.2. The predicted molar refractivity (Wildman–Crippen MR) is 301 cm³/mol. The molecule has 0 bridgehead atoms. The monoisotopic (exact) mass is 1190 g/mol. The Balaban J connectivity index is 1.17. The first-order chi connectivity index (χ1) is 38.0. The van der Waals surface area contributed by atoms with Crippen molar-refractivity contribution in [2.75, 3.05) is 37.0 Å². The average molecular weight is 1190 g/mol. The van der Waals surface area contributed by atoms with Gasteiger partial charge in [0.15, 0.2) is 0 Å². The number of nitrogens with two attached hydrogens (primary N) is 1. The zero-order valence-corrected chi connectivity index (χ0v) is 48.7. The fourth-order valence-corrected chi connectivity index (χ4v) is 9.37. The summed E-state index contributed by atoms with van der Waals surface area (Å²) in [6.07, 6.45) is 12.1. The molecule has 444 valence electrons. The van der Waals surface area contributed by atoms with E-state index < -0.39 is 54.2 Å². The molecule has 24 heteroatoms. The molecule has 3 fully saturated rings. The second-order valence-corrected chi connectivity index (χ2v) is 21.7. The maximum absolute atomic E-state index is 13.6. The van der Waals surface area contributed by atoms with Gasteiger partial charge in [-0.15, -0.1) is 0 Å². The summed E-state index contributed by atoms with van der Waals surface area (Å²) >= 11 is 3.09. The molecular formula is C56H84BrN9O14. The lowest BCUT2D eigenvalue weighted by atomic mass is 9.88. The normalized spacial score (nSPS) is 22.8. The number of hydrogen-bond acceptors (Lipinski definition) is 14. The highest BCUT2D eigenvalue weighted by Gasteiger charge is 2.51.